The molecule has 0 saturated heterocycles. The van der Waals surface area contributed by atoms with E-state index in [0.717, 1.165) is 31.4 Å². The van der Waals surface area contributed by atoms with Gasteiger partial charge in [0, 0.05) is 12.8 Å². The molecule has 1 aromatic carbocycles. The maximum absolute atomic E-state index is 9.14. The van der Waals surface area contributed by atoms with Crippen molar-refractivity contribution in [2.24, 2.45) is 0 Å². The summed E-state index contributed by atoms with van der Waals surface area (Å²) in [5.41, 5.74) is 0. The van der Waals surface area contributed by atoms with Gasteiger partial charge in [0.1, 0.15) is 11.5 Å². The van der Waals surface area contributed by atoms with Gasteiger partial charge >= 0.3 is 0 Å². The average molecular weight is 227 g/mol. The fourth-order valence-electron chi connectivity index (χ4n) is 1.91. The van der Waals surface area contributed by atoms with Gasteiger partial charge in [0.2, 0.25) is 0 Å². The first-order valence-electron chi connectivity index (χ1n) is 5.35. The van der Waals surface area contributed by atoms with E-state index in [9.17, 15) is 0 Å². The Morgan fingerprint density at radius 2 is 1.67 bits per heavy atom. The number of aromatic hydroxyl groups is 1. The normalized spacial score (nSPS) is 19.8. The highest BCUT2D eigenvalue weighted by molar-refractivity contribution is 6.23. The van der Waals surface area contributed by atoms with Crippen LogP contribution in [-0.2, 0) is 0 Å². The molecule has 82 valence electrons. The predicted octanol–water partition coefficient (Wildman–Crippen LogP) is 3.67. The standard InChI is InChI=1S/C12H15ClO2/c13-12(8-2-1-3-9-12)15-11-6-4-10(14)5-7-11/h4-7,14H,1-3,8-9H2. The minimum atomic E-state index is -0.533. The molecule has 0 atom stereocenters. The van der Waals surface area contributed by atoms with E-state index in [0.29, 0.717) is 0 Å². The van der Waals surface area contributed by atoms with Gasteiger partial charge in [0.25, 0.3) is 0 Å². The third-order valence-corrected chi connectivity index (χ3v) is 3.19. The highest BCUT2D eigenvalue weighted by Gasteiger charge is 2.31. The molecule has 3 heteroatoms. The zero-order valence-corrected chi connectivity index (χ0v) is 9.33. The van der Waals surface area contributed by atoms with Crippen LogP contribution >= 0.6 is 11.6 Å². The van der Waals surface area contributed by atoms with Crippen molar-refractivity contribution < 1.29 is 9.84 Å². The molecular weight excluding hydrogens is 212 g/mol. The van der Waals surface area contributed by atoms with Crippen LogP contribution in [0.4, 0.5) is 0 Å². The van der Waals surface area contributed by atoms with Crippen molar-refractivity contribution in [1.29, 1.82) is 0 Å². The van der Waals surface area contributed by atoms with Crippen molar-refractivity contribution >= 4 is 11.6 Å². The highest BCUT2D eigenvalue weighted by atomic mass is 35.5. The maximum Gasteiger partial charge on any atom is 0.182 e. The molecule has 0 aromatic heterocycles. The van der Waals surface area contributed by atoms with Crippen LogP contribution in [0.15, 0.2) is 24.3 Å². The topological polar surface area (TPSA) is 29.5 Å². The summed E-state index contributed by atoms with van der Waals surface area (Å²) in [6.45, 7) is 0. The molecule has 0 spiro atoms. The average Bonchev–Trinajstić information content (AvgIpc) is 2.22. The van der Waals surface area contributed by atoms with E-state index in [-0.39, 0.29) is 5.75 Å². The number of ether oxygens (including phenoxy) is 1. The van der Waals surface area contributed by atoms with Crippen LogP contribution < -0.4 is 4.74 Å². The van der Waals surface area contributed by atoms with Crippen molar-refractivity contribution in [3.8, 4) is 11.5 Å². The molecule has 0 radical (unpaired) electrons. The number of rotatable bonds is 2. The fourth-order valence-corrected chi connectivity index (χ4v) is 2.26. The lowest BCUT2D eigenvalue weighted by Crippen LogP contribution is -2.31. The Bertz CT molecular complexity index is 315. The van der Waals surface area contributed by atoms with Gasteiger partial charge in [-0.1, -0.05) is 18.0 Å². The van der Waals surface area contributed by atoms with Crippen LogP contribution in [-0.4, -0.2) is 10.2 Å². The lowest BCUT2D eigenvalue weighted by molar-refractivity contribution is 0.112. The van der Waals surface area contributed by atoms with E-state index in [1.54, 1.807) is 24.3 Å². The number of phenolic OH excluding ortho intramolecular Hbond substituents is 1. The summed E-state index contributed by atoms with van der Waals surface area (Å²) in [4.78, 5) is 0. The second kappa shape index (κ2) is 4.31. The van der Waals surface area contributed by atoms with Crippen molar-refractivity contribution in [3.05, 3.63) is 24.3 Å². The Hall–Kier alpha value is -0.890. The van der Waals surface area contributed by atoms with Crippen LogP contribution in [0.5, 0.6) is 11.5 Å². The summed E-state index contributed by atoms with van der Waals surface area (Å²) in [6.07, 6.45) is 5.29. The third kappa shape index (κ3) is 2.78. The number of hydrogen-bond acceptors (Lipinski definition) is 2. The lowest BCUT2D eigenvalue weighted by atomic mass is 9.97. The van der Waals surface area contributed by atoms with E-state index >= 15 is 0 Å². The number of phenols is 1. The van der Waals surface area contributed by atoms with E-state index in [1.807, 2.05) is 0 Å². The fraction of sp³-hybridized carbons (Fsp3) is 0.500. The van der Waals surface area contributed by atoms with Crippen LogP contribution in [0, 0.1) is 0 Å². The third-order valence-electron chi connectivity index (χ3n) is 2.74. The van der Waals surface area contributed by atoms with E-state index < -0.39 is 5.06 Å². The van der Waals surface area contributed by atoms with Gasteiger partial charge < -0.3 is 9.84 Å². The van der Waals surface area contributed by atoms with Crippen LogP contribution in [0.3, 0.4) is 0 Å². The van der Waals surface area contributed by atoms with Crippen molar-refractivity contribution in [1.82, 2.24) is 0 Å². The molecule has 1 fully saturated rings. The first-order valence-corrected chi connectivity index (χ1v) is 5.73. The van der Waals surface area contributed by atoms with Gasteiger partial charge in [-0.25, -0.2) is 0 Å². The first-order chi connectivity index (χ1) is 7.18. The monoisotopic (exact) mass is 226 g/mol. The number of halogens is 1. The van der Waals surface area contributed by atoms with E-state index in [4.69, 9.17) is 21.4 Å². The molecule has 15 heavy (non-hydrogen) atoms. The van der Waals surface area contributed by atoms with Gasteiger partial charge in [0.15, 0.2) is 5.06 Å². The SMILES string of the molecule is Oc1ccc(OC2(Cl)CCCCC2)cc1. The predicted molar refractivity (Wildman–Crippen MR) is 60.4 cm³/mol. The van der Waals surface area contributed by atoms with Gasteiger partial charge in [-0.05, 0) is 37.1 Å². The zero-order valence-electron chi connectivity index (χ0n) is 8.58. The Morgan fingerprint density at radius 3 is 2.27 bits per heavy atom. The summed E-state index contributed by atoms with van der Waals surface area (Å²) in [7, 11) is 0. The summed E-state index contributed by atoms with van der Waals surface area (Å²) in [5, 5.41) is 8.61. The second-order valence-electron chi connectivity index (χ2n) is 4.04. The van der Waals surface area contributed by atoms with Crippen molar-refractivity contribution in [3.63, 3.8) is 0 Å². The Balaban J connectivity index is 2.03. The van der Waals surface area contributed by atoms with Crippen molar-refractivity contribution in [2.75, 3.05) is 0 Å². The Kier molecular flexibility index (Phi) is 3.06. The molecule has 2 nitrogen and oxygen atoms in total. The van der Waals surface area contributed by atoms with Crippen molar-refractivity contribution in [2.45, 2.75) is 37.2 Å². The zero-order chi connectivity index (χ0) is 10.7. The Morgan fingerprint density at radius 1 is 1.07 bits per heavy atom. The molecule has 1 N–H and O–H groups in total. The number of benzene rings is 1. The smallest absolute Gasteiger partial charge is 0.182 e. The van der Waals surface area contributed by atoms with Crippen LogP contribution in [0.2, 0.25) is 0 Å². The van der Waals surface area contributed by atoms with Gasteiger partial charge in [-0.2, -0.15) is 0 Å². The molecule has 2 rings (SSSR count). The minimum Gasteiger partial charge on any atom is -0.508 e. The van der Waals surface area contributed by atoms with E-state index in [1.165, 1.54) is 6.42 Å². The first kappa shape index (κ1) is 10.6. The molecule has 0 unspecified atom stereocenters. The summed E-state index contributed by atoms with van der Waals surface area (Å²) >= 11 is 6.36. The number of alkyl halides is 1. The minimum absolute atomic E-state index is 0.245. The molecule has 1 aliphatic rings. The van der Waals surface area contributed by atoms with Gasteiger partial charge in [-0.3, -0.25) is 0 Å². The molecule has 0 heterocycles. The lowest BCUT2D eigenvalue weighted by Gasteiger charge is -2.31. The van der Waals surface area contributed by atoms with Crippen LogP contribution in [0.1, 0.15) is 32.1 Å². The summed E-state index contributed by atoms with van der Waals surface area (Å²) in [5.74, 6) is 0.972. The molecule has 0 aliphatic heterocycles. The van der Waals surface area contributed by atoms with Crippen LogP contribution in [0.25, 0.3) is 0 Å². The molecular formula is C12H15ClO2. The maximum atomic E-state index is 9.14. The summed E-state index contributed by atoms with van der Waals surface area (Å²) in [6, 6.07) is 6.71. The molecule has 1 aromatic rings. The largest absolute Gasteiger partial charge is 0.508 e. The summed E-state index contributed by atoms with van der Waals surface area (Å²) < 4.78 is 5.75. The quantitative estimate of drug-likeness (QED) is 0.780. The van der Waals surface area contributed by atoms with Gasteiger partial charge in [-0.15, -0.1) is 0 Å². The Labute approximate surface area is 94.8 Å². The van der Waals surface area contributed by atoms with E-state index in [2.05, 4.69) is 0 Å². The second-order valence-corrected chi connectivity index (χ2v) is 4.73. The highest BCUT2D eigenvalue weighted by Crippen LogP contribution is 2.36. The molecule has 1 saturated carbocycles. The molecule has 1 aliphatic carbocycles. The molecule has 0 bridgehead atoms. The number of hydrogen-bond donors (Lipinski definition) is 1. The molecule has 0 amide bonds. The van der Waals surface area contributed by atoms with Gasteiger partial charge in [0.05, 0.1) is 0 Å².